The molecule has 31 heavy (non-hydrogen) atoms. The van der Waals surface area contributed by atoms with Crippen molar-refractivity contribution in [3.63, 3.8) is 0 Å². The van der Waals surface area contributed by atoms with Gasteiger partial charge in [-0.15, -0.1) is 22.7 Å². The highest BCUT2D eigenvalue weighted by Gasteiger charge is 2.16. The number of halogens is 1. The molecule has 0 fully saturated rings. The van der Waals surface area contributed by atoms with E-state index in [0.29, 0.717) is 5.13 Å². The standard InChI is InChI=1S/C22H18FN5OS2/c1-13-9-18(14(2)28(13)17-5-3-15(23)4-6-17)19-12-31-21(25-19)26-20(29)10-16-11-27-7-8-30-22(27)24-16/h3-9,11-12H,10H2,1-2H3,(H,25,26,29). The number of amides is 1. The number of imidazole rings is 1. The number of hydrogen-bond donors (Lipinski definition) is 1. The first-order valence-electron chi connectivity index (χ1n) is 9.59. The minimum Gasteiger partial charge on any atom is -0.318 e. The lowest BCUT2D eigenvalue weighted by Gasteiger charge is -2.09. The third-order valence-corrected chi connectivity index (χ3v) is 6.56. The van der Waals surface area contributed by atoms with Crippen molar-refractivity contribution in [1.29, 1.82) is 0 Å². The van der Waals surface area contributed by atoms with Crippen LogP contribution in [0.3, 0.4) is 0 Å². The van der Waals surface area contributed by atoms with Crippen LogP contribution in [0.5, 0.6) is 0 Å². The second-order valence-corrected chi connectivity index (χ2v) is 8.92. The Morgan fingerprint density at radius 1 is 1.16 bits per heavy atom. The van der Waals surface area contributed by atoms with Crippen LogP contribution < -0.4 is 5.32 Å². The molecule has 0 unspecified atom stereocenters. The number of rotatable bonds is 5. The number of aryl methyl sites for hydroxylation is 1. The third kappa shape index (κ3) is 3.77. The fourth-order valence-electron chi connectivity index (χ4n) is 3.65. The Hall–Kier alpha value is -3.30. The Balaban J connectivity index is 1.34. The Labute approximate surface area is 185 Å². The molecule has 0 spiro atoms. The fourth-order valence-corrected chi connectivity index (χ4v) is 5.10. The molecule has 0 bridgehead atoms. The second-order valence-electron chi connectivity index (χ2n) is 7.18. The molecule has 6 nitrogen and oxygen atoms in total. The number of thiazole rings is 2. The van der Waals surface area contributed by atoms with Crippen molar-refractivity contribution in [2.24, 2.45) is 0 Å². The average molecular weight is 452 g/mol. The van der Waals surface area contributed by atoms with Crippen molar-refractivity contribution in [2.45, 2.75) is 20.3 Å². The largest absolute Gasteiger partial charge is 0.318 e. The van der Waals surface area contributed by atoms with Gasteiger partial charge in [0.2, 0.25) is 5.91 Å². The number of carbonyl (C=O) groups excluding carboxylic acids is 1. The number of nitrogens with zero attached hydrogens (tertiary/aromatic N) is 4. The number of carbonyl (C=O) groups is 1. The van der Waals surface area contributed by atoms with Gasteiger partial charge in [-0.05, 0) is 44.2 Å². The zero-order valence-corrected chi connectivity index (χ0v) is 18.4. The number of fused-ring (bicyclic) bond motifs is 1. The predicted octanol–water partition coefficient (Wildman–Crippen LogP) is 5.25. The highest BCUT2D eigenvalue weighted by Crippen LogP contribution is 2.31. The topological polar surface area (TPSA) is 64.2 Å². The molecule has 9 heteroatoms. The Morgan fingerprint density at radius 2 is 1.97 bits per heavy atom. The van der Waals surface area contributed by atoms with Crippen molar-refractivity contribution in [3.8, 4) is 16.9 Å². The molecular formula is C22H18FN5OS2. The number of aromatic nitrogens is 4. The fraction of sp³-hybridized carbons (Fsp3) is 0.136. The first-order valence-corrected chi connectivity index (χ1v) is 11.4. The third-order valence-electron chi connectivity index (χ3n) is 5.03. The molecule has 0 atom stereocenters. The normalized spacial score (nSPS) is 11.3. The van der Waals surface area contributed by atoms with Crippen molar-refractivity contribution in [1.82, 2.24) is 18.9 Å². The van der Waals surface area contributed by atoms with E-state index in [4.69, 9.17) is 0 Å². The Bertz CT molecular complexity index is 1360. The van der Waals surface area contributed by atoms with Crippen LogP contribution in [-0.4, -0.2) is 24.8 Å². The first kappa shape index (κ1) is 19.7. The van der Waals surface area contributed by atoms with E-state index in [1.54, 1.807) is 12.1 Å². The molecule has 5 aromatic rings. The van der Waals surface area contributed by atoms with E-state index in [1.807, 2.05) is 41.4 Å². The van der Waals surface area contributed by atoms with Gasteiger partial charge < -0.3 is 9.88 Å². The summed E-state index contributed by atoms with van der Waals surface area (Å²) >= 11 is 2.92. The zero-order valence-electron chi connectivity index (χ0n) is 16.8. The van der Waals surface area contributed by atoms with E-state index in [1.165, 1.54) is 34.8 Å². The van der Waals surface area contributed by atoms with Crippen LogP contribution in [0.2, 0.25) is 0 Å². The molecule has 4 heterocycles. The number of benzene rings is 1. The molecule has 0 aliphatic heterocycles. The van der Waals surface area contributed by atoms with E-state index in [9.17, 15) is 9.18 Å². The summed E-state index contributed by atoms with van der Waals surface area (Å²) in [6.07, 6.45) is 3.98. The zero-order chi connectivity index (χ0) is 21.5. The van der Waals surface area contributed by atoms with Gasteiger partial charge in [0.1, 0.15) is 5.82 Å². The maximum absolute atomic E-state index is 13.3. The van der Waals surface area contributed by atoms with Gasteiger partial charge in [0.05, 0.1) is 17.8 Å². The maximum atomic E-state index is 13.3. The molecule has 1 amide bonds. The quantitative estimate of drug-likeness (QED) is 0.397. The molecule has 5 rings (SSSR count). The Kier molecular flexibility index (Phi) is 4.91. The lowest BCUT2D eigenvalue weighted by molar-refractivity contribution is -0.115. The van der Waals surface area contributed by atoms with Gasteiger partial charge in [-0.2, -0.15) is 0 Å². The highest BCUT2D eigenvalue weighted by molar-refractivity contribution is 7.15. The number of hydrogen-bond acceptors (Lipinski definition) is 5. The summed E-state index contributed by atoms with van der Waals surface area (Å²) in [6, 6.07) is 8.47. The van der Waals surface area contributed by atoms with Crippen LogP contribution in [0.25, 0.3) is 21.9 Å². The van der Waals surface area contributed by atoms with Crippen molar-refractivity contribution >= 4 is 38.7 Å². The van der Waals surface area contributed by atoms with E-state index >= 15 is 0 Å². The molecule has 0 saturated carbocycles. The van der Waals surface area contributed by atoms with Crippen LogP contribution >= 0.6 is 22.7 Å². The van der Waals surface area contributed by atoms with Crippen LogP contribution in [-0.2, 0) is 11.2 Å². The van der Waals surface area contributed by atoms with Crippen molar-refractivity contribution in [2.75, 3.05) is 5.32 Å². The van der Waals surface area contributed by atoms with Crippen LogP contribution in [0.4, 0.5) is 9.52 Å². The molecule has 1 N–H and O–H groups in total. The summed E-state index contributed by atoms with van der Waals surface area (Å²) in [5.74, 6) is -0.412. The van der Waals surface area contributed by atoms with E-state index in [0.717, 1.165) is 39.0 Å². The van der Waals surface area contributed by atoms with E-state index in [2.05, 4.69) is 25.9 Å². The number of anilines is 1. The molecular weight excluding hydrogens is 433 g/mol. The van der Waals surface area contributed by atoms with Gasteiger partial charge in [0.25, 0.3) is 0 Å². The monoisotopic (exact) mass is 451 g/mol. The van der Waals surface area contributed by atoms with Gasteiger partial charge in [-0.3, -0.25) is 9.20 Å². The molecule has 0 saturated heterocycles. The molecule has 4 aromatic heterocycles. The van der Waals surface area contributed by atoms with Crippen molar-refractivity contribution in [3.05, 3.63) is 76.4 Å². The van der Waals surface area contributed by atoms with Crippen LogP contribution in [0.15, 0.2) is 53.5 Å². The summed E-state index contributed by atoms with van der Waals surface area (Å²) < 4.78 is 17.3. The van der Waals surface area contributed by atoms with Gasteiger partial charge in [-0.1, -0.05) is 0 Å². The summed E-state index contributed by atoms with van der Waals surface area (Å²) in [7, 11) is 0. The summed E-state index contributed by atoms with van der Waals surface area (Å²) in [5, 5.41) is 7.30. The molecule has 0 radical (unpaired) electrons. The summed E-state index contributed by atoms with van der Waals surface area (Å²) in [6.45, 7) is 4.01. The lowest BCUT2D eigenvalue weighted by Crippen LogP contribution is -2.14. The van der Waals surface area contributed by atoms with Crippen molar-refractivity contribution < 1.29 is 9.18 Å². The lowest BCUT2D eigenvalue weighted by atomic mass is 10.2. The van der Waals surface area contributed by atoms with Gasteiger partial charge in [0, 0.05) is 45.8 Å². The van der Waals surface area contributed by atoms with Crippen LogP contribution in [0, 0.1) is 19.7 Å². The van der Waals surface area contributed by atoms with E-state index in [-0.39, 0.29) is 18.1 Å². The van der Waals surface area contributed by atoms with Gasteiger partial charge in [-0.25, -0.2) is 14.4 Å². The van der Waals surface area contributed by atoms with Gasteiger partial charge >= 0.3 is 0 Å². The molecule has 0 aliphatic rings. The average Bonchev–Trinajstić information content (AvgIpc) is 3.48. The SMILES string of the molecule is Cc1cc(-c2csc(NC(=O)Cc3cn4ccsc4n3)n2)c(C)n1-c1ccc(F)cc1. The summed E-state index contributed by atoms with van der Waals surface area (Å²) in [4.78, 5) is 22.4. The first-order chi connectivity index (χ1) is 15.0. The summed E-state index contributed by atoms with van der Waals surface area (Å²) in [5.41, 5.74) is 5.43. The molecule has 156 valence electrons. The second kappa shape index (κ2) is 7.75. The minimum absolute atomic E-state index is 0.150. The highest BCUT2D eigenvalue weighted by atomic mass is 32.1. The minimum atomic E-state index is -0.262. The van der Waals surface area contributed by atoms with E-state index < -0.39 is 0 Å². The predicted molar refractivity (Wildman–Crippen MR) is 122 cm³/mol. The molecule has 0 aliphatic carbocycles. The maximum Gasteiger partial charge on any atom is 0.232 e. The molecule has 1 aromatic carbocycles. The van der Waals surface area contributed by atoms with Gasteiger partial charge in [0.15, 0.2) is 10.1 Å². The smallest absolute Gasteiger partial charge is 0.232 e. The van der Waals surface area contributed by atoms with Crippen LogP contribution in [0.1, 0.15) is 17.1 Å². The Morgan fingerprint density at radius 3 is 2.74 bits per heavy atom. The number of nitrogens with one attached hydrogen (secondary N) is 1.